The molecule has 1 atom stereocenters. The summed E-state index contributed by atoms with van der Waals surface area (Å²) in [5.74, 6) is -0.0643. The summed E-state index contributed by atoms with van der Waals surface area (Å²) < 4.78 is 5.41. The fourth-order valence-electron chi connectivity index (χ4n) is 2.36. The first-order valence-electron chi connectivity index (χ1n) is 7.14. The molecule has 1 heterocycles. The van der Waals surface area contributed by atoms with Crippen molar-refractivity contribution in [2.45, 2.75) is 25.9 Å². The second kappa shape index (κ2) is 6.68. The van der Waals surface area contributed by atoms with Crippen LogP contribution in [0.3, 0.4) is 0 Å². The van der Waals surface area contributed by atoms with Gasteiger partial charge in [-0.25, -0.2) is 4.98 Å². The minimum atomic E-state index is -0.0889. The first-order valence-corrected chi connectivity index (χ1v) is 7.96. The van der Waals surface area contributed by atoms with E-state index < -0.39 is 0 Å². The van der Waals surface area contributed by atoms with Crippen molar-refractivity contribution in [3.8, 4) is 10.6 Å². The number of aromatic nitrogens is 1. The number of allylic oxidation sites excluding steroid dienone is 2. The normalized spacial score (nSPS) is 17.6. The van der Waals surface area contributed by atoms with Crippen LogP contribution in [0.4, 0.5) is 0 Å². The number of rotatable bonds is 4. The lowest BCUT2D eigenvalue weighted by molar-refractivity contribution is -0.150. The van der Waals surface area contributed by atoms with Gasteiger partial charge in [0.25, 0.3) is 0 Å². The minimum Gasteiger partial charge on any atom is -0.460 e. The van der Waals surface area contributed by atoms with Gasteiger partial charge in [0.05, 0.1) is 10.8 Å². The summed E-state index contributed by atoms with van der Waals surface area (Å²) in [7, 11) is 0. The van der Waals surface area contributed by atoms with Gasteiger partial charge in [0.15, 0.2) is 0 Å². The lowest BCUT2D eigenvalue weighted by Gasteiger charge is -2.15. The first-order chi connectivity index (χ1) is 10.3. The van der Waals surface area contributed by atoms with E-state index in [4.69, 9.17) is 4.74 Å². The molecule has 4 heteroatoms. The van der Waals surface area contributed by atoms with Crippen LogP contribution in [-0.2, 0) is 16.1 Å². The van der Waals surface area contributed by atoms with Crippen molar-refractivity contribution in [2.24, 2.45) is 5.92 Å². The number of esters is 1. The van der Waals surface area contributed by atoms with Crippen LogP contribution in [0.2, 0.25) is 0 Å². The molecule has 0 amide bonds. The smallest absolute Gasteiger partial charge is 0.309 e. The largest absolute Gasteiger partial charge is 0.460 e. The molecule has 0 N–H and O–H groups in total. The maximum absolute atomic E-state index is 12.0. The molecule has 1 aromatic heterocycles. The van der Waals surface area contributed by atoms with Crippen molar-refractivity contribution < 1.29 is 9.53 Å². The van der Waals surface area contributed by atoms with Gasteiger partial charge in [-0.15, -0.1) is 11.3 Å². The molecule has 3 nitrogen and oxygen atoms in total. The van der Waals surface area contributed by atoms with Gasteiger partial charge in [0.1, 0.15) is 11.6 Å². The molecular weight excluding hydrogens is 282 g/mol. The van der Waals surface area contributed by atoms with E-state index in [9.17, 15) is 4.79 Å². The summed E-state index contributed by atoms with van der Waals surface area (Å²) in [5.41, 5.74) is 1.09. The Labute approximate surface area is 128 Å². The van der Waals surface area contributed by atoms with Gasteiger partial charge in [-0.05, 0) is 19.3 Å². The maximum Gasteiger partial charge on any atom is 0.309 e. The second-order valence-electron chi connectivity index (χ2n) is 5.09. The summed E-state index contributed by atoms with van der Waals surface area (Å²) in [6.07, 6.45) is 8.65. The standard InChI is InChI=1S/C17H17NO2S/c19-17(14-9-5-2-6-10-14)20-12-15-11-18-16(21-15)13-7-3-1-4-8-13/h1-5,7-8,11,14H,6,9-10,12H2. The Kier molecular flexibility index (Phi) is 4.46. The number of hydrogen-bond donors (Lipinski definition) is 0. The van der Waals surface area contributed by atoms with E-state index in [-0.39, 0.29) is 11.9 Å². The summed E-state index contributed by atoms with van der Waals surface area (Å²) >= 11 is 1.57. The topological polar surface area (TPSA) is 39.2 Å². The van der Waals surface area contributed by atoms with Crippen molar-refractivity contribution in [1.82, 2.24) is 4.98 Å². The van der Waals surface area contributed by atoms with Gasteiger partial charge in [0.2, 0.25) is 0 Å². The Morgan fingerprint density at radius 1 is 1.29 bits per heavy atom. The van der Waals surface area contributed by atoms with Crippen molar-refractivity contribution in [2.75, 3.05) is 0 Å². The Balaban J connectivity index is 1.58. The quantitative estimate of drug-likeness (QED) is 0.627. The Morgan fingerprint density at radius 3 is 2.90 bits per heavy atom. The highest BCUT2D eigenvalue weighted by molar-refractivity contribution is 7.15. The molecule has 0 radical (unpaired) electrons. The van der Waals surface area contributed by atoms with E-state index in [1.807, 2.05) is 30.3 Å². The average Bonchev–Trinajstić information content (AvgIpc) is 3.03. The predicted octanol–water partition coefficient (Wildman–Crippen LogP) is 4.21. The number of carbonyl (C=O) groups excluding carboxylic acids is 1. The van der Waals surface area contributed by atoms with Crippen molar-refractivity contribution >= 4 is 17.3 Å². The number of hydrogen-bond acceptors (Lipinski definition) is 4. The zero-order valence-electron chi connectivity index (χ0n) is 11.7. The minimum absolute atomic E-state index is 0.0246. The van der Waals surface area contributed by atoms with E-state index >= 15 is 0 Å². The molecular formula is C17H17NO2S. The van der Waals surface area contributed by atoms with Crippen LogP contribution < -0.4 is 0 Å². The highest BCUT2D eigenvalue weighted by atomic mass is 32.1. The monoisotopic (exact) mass is 299 g/mol. The number of carbonyl (C=O) groups is 1. The molecule has 0 saturated carbocycles. The van der Waals surface area contributed by atoms with Gasteiger partial charge in [-0.3, -0.25) is 4.79 Å². The zero-order chi connectivity index (χ0) is 14.5. The summed E-state index contributed by atoms with van der Waals surface area (Å²) in [5, 5.41) is 0.960. The van der Waals surface area contributed by atoms with Crippen LogP contribution in [0, 0.1) is 5.92 Å². The fraction of sp³-hybridized carbons (Fsp3) is 0.294. The number of benzene rings is 1. The van der Waals surface area contributed by atoms with Crippen LogP contribution in [0.15, 0.2) is 48.7 Å². The Morgan fingerprint density at radius 2 is 2.14 bits per heavy atom. The molecule has 0 spiro atoms. The Hall–Kier alpha value is -1.94. The molecule has 1 aliphatic rings. The molecule has 108 valence electrons. The molecule has 0 fully saturated rings. The highest BCUT2D eigenvalue weighted by Gasteiger charge is 2.20. The van der Waals surface area contributed by atoms with E-state index in [0.717, 1.165) is 34.7 Å². The Bertz CT molecular complexity index is 633. The van der Waals surface area contributed by atoms with Crippen LogP contribution in [0.5, 0.6) is 0 Å². The predicted molar refractivity (Wildman–Crippen MR) is 83.8 cm³/mol. The SMILES string of the molecule is O=C(OCc1cnc(-c2ccccc2)s1)C1CC=CCC1. The van der Waals surface area contributed by atoms with Crippen molar-refractivity contribution in [3.63, 3.8) is 0 Å². The van der Waals surface area contributed by atoms with E-state index in [0.29, 0.717) is 6.61 Å². The zero-order valence-corrected chi connectivity index (χ0v) is 12.5. The van der Waals surface area contributed by atoms with Crippen molar-refractivity contribution in [1.29, 1.82) is 0 Å². The van der Waals surface area contributed by atoms with Gasteiger partial charge in [-0.2, -0.15) is 0 Å². The van der Waals surface area contributed by atoms with Crippen LogP contribution in [0.25, 0.3) is 10.6 Å². The van der Waals surface area contributed by atoms with Gasteiger partial charge >= 0.3 is 5.97 Å². The first kappa shape index (κ1) is 14.0. The molecule has 3 rings (SSSR count). The summed E-state index contributed by atoms with van der Waals surface area (Å²) in [6.45, 7) is 0.323. The van der Waals surface area contributed by atoms with Crippen LogP contribution in [-0.4, -0.2) is 11.0 Å². The van der Waals surface area contributed by atoms with Crippen LogP contribution in [0.1, 0.15) is 24.1 Å². The number of nitrogens with zero attached hydrogens (tertiary/aromatic N) is 1. The third-order valence-corrected chi connectivity index (χ3v) is 4.55. The number of ether oxygens (including phenoxy) is 1. The second-order valence-corrected chi connectivity index (χ2v) is 6.20. The average molecular weight is 299 g/mol. The van der Waals surface area contributed by atoms with Crippen LogP contribution >= 0.6 is 11.3 Å². The van der Waals surface area contributed by atoms with Gasteiger partial charge < -0.3 is 4.74 Å². The van der Waals surface area contributed by atoms with E-state index in [1.54, 1.807) is 17.5 Å². The van der Waals surface area contributed by atoms with E-state index in [1.165, 1.54) is 0 Å². The molecule has 0 bridgehead atoms. The molecule has 1 unspecified atom stereocenters. The third kappa shape index (κ3) is 3.58. The van der Waals surface area contributed by atoms with Crippen molar-refractivity contribution in [3.05, 3.63) is 53.6 Å². The van der Waals surface area contributed by atoms with E-state index in [2.05, 4.69) is 17.1 Å². The molecule has 1 aliphatic carbocycles. The maximum atomic E-state index is 12.0. The fourth-order valence-corrected chi connectivity index (χ4v) is 3.19. The number of thiazole rings is 1. The lowest BCUT2D eigenvalue weighted by Crippen LogP contribution is -2.18. The molecule has 2 aromatic rings. The molecule has 0 aliphatic heterocycles. The molecule has 1 aromatic carbocycles. The summed E-state index contributed by atoms with van der Waals surface area (Å²) in [6, 6.07) is 10.0. The lowest BCUT2D eigenvalue weighted by atomic mass is 9.95. The van der Waals surface area contributed by atoms with Gasteiger partial charge in [-0.1, -0.05) is 42.5 Å². The molecule has 21 heavy (non-hydrogen) atoms. The highest BCUT2D eigenvalue weighted by Crippen LogP contribution is 2.26. The molecule has 0 saturated heterocycles. The third-order valence-electron chi connectivity index (χ3n) is 3.53. The van der Waals surface area contributed by atoms with Gasteiger partial charge in [0, 0.05) is 11.8 Å². The summed E-state index contributed by atoms with van der Waals surface area (Å²) in [4.78, 5) is 17.3.